The van der Waals surface area contributed by atoms with Crippen molar-refractivity contribution in [3.63, 3.8) is 0 Å². The molecule has 0 radical (unpaired) electrons. The summed E-state index contributed by atoms with van der Waals surface area (Å²) >= 11 is 5.66. The molecule has 1 fully saturated rings. The number of aryl methyl sites for hydroxylation is 1. The number of hydrogen-bond donors (Lipinski definition) is 1. The van der Waals surface area contributed by atoms with Crippen LogP contribution in [0, 0.1) is 6.92 Å². The number of rotatable bonds is 3. The van der Waals surface area contributed by atoms with Gasteiger partial charge < -0.3 is 10.2 Å². The standard InChI is InChI=1S/C18H28N2S/c1-13(2)16-12-8-9-14(3)17(16)19-18(21)20(4)15-10-6-5-7-11-15/h8-9,12-13,15H,5-7,10-11H2,1-4H3,(H,19,21). The largest absolute Gasteiger partial charge is 0.349 e. The van der Waals surface area contributed by atoms with Crippen LogP contribution in [0.4, 0.5) is 5.69 Å². The zero-order chi connectivity index (χ0) is 15.4. The van der Waals surface area contributed by atoms with Gasteiger partial charge in [0.25, 0.3) is 0 Å². The van der Waals surface area contributed by atoms with Crippen LogP contribution in [0.25, 0.3) is 0 Å². The molecule has 0 bridgehead atoms. The van der Waals surface area contributed by atoms with Crippen LogP contribution < -0.4 is 5.32 Å². The highest BCUT2D eigenvalue weighted by Crippen LogP contribution is 2.28. The lowest BCUT2D eigenvalue weighted by atomic mass is 9.94. The van der Waals surface area contributed by atoms with Crippen molar-refractivity contribution in [2.75, 3.05) is 12.4 Å². The molecule has 0 saturated heterocycles. The van der Waals surface area contributed by atoms with E-state index in [4.69, 9.17) is 12.2 Å². The van der Waals surface area contributed by atoms with Crippen molar-refractivity contribution in [1.82, 2.24) is 4.90 Å². The Kier molecular flexibility index (Phi) is 5.63. The Hall–Kier alpha value is -1.09. The van der Waals surface area contributed by atoms with Crippen molar-refractivity contribution in [2.24, 2.45) is 0 Å². The van der Waals surface area contributed by atoms with Crippen molar-refractivity contribution in [1.29, 1.82) is 0 Å². The number of anilines is 1. The average Bonchev–Trinajstić information content (AvgIpc) is 2.49. The third-order valence-corrected chi connectivity index (χ3v) is 4.99. The number of benzene rings is 1. The number of hydrogen-bond acceptors (Lipinski definition) is 1. The van der Waals surface area contributed by atoms with Crippen molar-refractivity contribution >= 4 is 23.0 Å². The summed E-state index contributed by atoms with van der Waals surface area (Å²) in [5.41, 5.74) is 3.80. The summed E-state index contributed by atoms with van der Waals surface area (Å²) in [5, 5.41) is 4.37. The predicted molar refractivity (Wildman–Crippen MR) is 96.1 cm³/mol. The fourth-order valence-electron chi connectivity index (χ4n) is 3.17. The van der Waals surface area contributed by atoms with Gasteiger partial charge in [0.05, 0.1) is 0 Å². The van der Waals surface area contributed by atoms with Gasteiger partial charge in [0, 0.05) is 18.8 Å². The Balaban J connectivity index is 2.12. The molecular weight excluding hydrogens is 276 g/mol. The SMILES string of the molecule is Cc1cccc(C(C)C)c1NC(=S)N(C)C1CCCCC1. The van der Waals surface area contributed by atoms with E-state index < -0.39 is 0 Å². The second kappa shape index (κ2) is 7.26. The first-order valence-corrected chi connectivity index (χ1v) is 8.55. The first kappa shape index (κ1) is 16.3. The summed E-state index contributed by atoms with van der Waals surface area (Å²) in [6.45, 7) is 6.61. The van der Waals surface area contributed by atoms with Gasteiger partial charge in [0.1, 0.15) is 0 Å². The van der Waals surface area contributed by atoms with E-state index in [2.05, 4.69) is 56.2 Å². The van der Waals surface area contributed by atoms with Crippen molar-refractivity contribution in [3.8, 4) is 0 Å². The third-order valence-electron chi connectivity index (χ3n) is 4.60. The summed E-state index contributed by atoms with van der Waals surface area (Å²) in [4.78, 5) is 2.27. The van der Waals surface area contributed by atoms with E-state index in [1.807, 2.05) is 0 Å². The minimum absolute atomic E-state index is 0.496. The van der Waals surface area contributed by atoms with Crippen LogP contribution in [-0.2, 0) is 0 Å². The molecule has 1 N–H and O–H groups in total. The van der Waals surface area contributed by atoms with Crippen LogP contribution in [0.5, 0.6) is 0 Å². The molecule has 116 valence electrons. The van der Waals surface area contributed by atoms with Gasteiger partial charge in [-0.1, -0.05) is 51.3 Å². The fourth-order valence-corrected chi connectivity index (χ4v) is 3.42. The molecule has 2 nitrogen and oxygen atoms in total. The van der Waals surface area contributed by atoms with Crippen LogP contribution in [0.2, 0.25) is 0 Å². The maximum atomic E-state index is 5.66. The highest BCUT2D eigenvalue weighted by Gasteiger charge is 2.21. The molecular formula is C18H28N2S. The van der Waals surface area contributed by atoms with Gasteiger partial charge in [-0.05, 0) is 49.0 Å². The van der Waals surface area contributed by atoms with Crippen LogP contribution >= 0.6 is 12.2 Å². The molecule has 0 amide bonds. The molecule has 0 heterocycles. The zero-order valence-corrected chi connectivity index (χ0v) is 14.6. The average molecular weight is 305 g/mol. The molecule has 1 aliphatic carbocycles. The summed E-state index contributed by atoms with van der Waals surface area (Å²) in [6, 6.07) is 7.08. The molecule has 0 aromatic heterocycles. The van der Waals surface area contributed by atoms with Crippen LogP contribution in [-0.4, -0.2) is 23.1 Å². The van der Waals surface area contributed by atoms with Gasteiger partial charge in [0.15, 0.2) is 5.11 Å². The minimum atomic E-state index is 0.496. The van der Waals surface area contributed by atoms with Crippen molar-refractivity contribution in [2.45, 2.75) is 64.8 Å². The maximum Gasteiger partial charge on any atom is 0.173 e. The van der Waals surface area contributed by atoms with Gasteiger partial charge in [-0.15, -0.1) is 0 Å². The second-order valence-corrected chi connectivity index (χ2v) is 6.91. The van der Waals surface area contributed by atoms with Gasteiger partial charge in [-0.2, -0.15) is 0 Å². The first-order valence-electron chi connectivity index (χ1n) is 8.14. The van der Waals surface area contributed by atoms with E-state index in [0.29, 0.717) is 12.0 Å². The van der Waals surface area contributed by atoms with Crippen LogP contribution in [0.3, 0.4) is 0 Å². The fraction of sp³-hybridized carbons (Fsp3) is 0.611. The van der Waals surface area contributed by atoms with Gasteiger partial charge in [-0.25, -0.2) is 0 Å². The Morgan fingerprint density at radius 2 is 1.90 bits per heavy atom. The molecule has 1 aromatic rings. The van der Waals surface area contributed by atoms with Gasteiger partial charge in [-0.3, -0.25) is 0 Å². The number of nitrogens with zero attached hydrogens (tertiary/aromatic N) is 1. The Morgan fingerprint density at radius 3 is 2.52 bits per heavy atom. The molecule has 1 saturated carbocycles. The topological polar surface area (TPSA) is 15.3 Å². The lowest BCUT2D eigenvalue weighted by Gasteiger charge is -2.33. The highest BCUT2D eigenvalue weighted by atomic mass is 32.1. The molecule has 0 aliphatic heterocycles. The summed E-state index contributed by atoms with van der Waals surface area (Å²) < 4.78 is 0. The normalized spacial score (nSPS) is 16.0. The maximum absolute atomic E-state index is 5.66. The van der Waals surface area contributed by atoms with Gasteiger partial charge in [0.2, 0.25) is 0 Å². The van der Waals surface area contributed by atoms with E-state index in [1.54, 1.807) is 0 Å². The van der Waals surface area contributed by atoms with E-state index in [9.17, 15) is 0 Å². The molecule has 0 unspecified atom stereocenters. The summed E-state index contributed by atoms with van der Waals surface area (Å²) in [5.74, 6) is 0.496. The molecule has 0 atom stereocenters. The van der Waals surface area contributed by atoms with E-state index in [1.165, 1.54) is 48.9 Å². The summed E-state index contributed by atoms with van der Waals surface area (Å²) in [6.07, 6.45) is 6.57. The predicted octanol–water partition coefficient (Wildman–Crippen LogP) is 5.08. The molecule has 1 aliphatic rings. The number of nitrogens with one attached hydrogen (secondary N) is 1. The lowest BCUT2D eigenvalue weighted by Crippen LogP contribution is -2.41. The van der Waals surface area contributed by atoms with E-state index in [0.717, 1.165) is 5.11 Å². The summed E-state index contributed by atoms with van der Waals surface area (Å²) in [7, 11) is 2.14. The molecule has 2 rings (SSSR count). The molecule has 0 spiro atoms. The molecule has 21 heavy (non-hydrogen) atoms. The molecule has 3 heteroatoms. The van der Waals surface area contributed by atoms with E-state index in [-0.39, 0.29) is 0 Å². The highest BCUT2D eigenvalue weighted by molar-refractivity contribution is 7.80. The Labute approximate surface area is 134 Å². The lowest BCUT2D eigenvalue weighted by molar-refractivity contribution is 0.281. The minimum Gasteiger partial charge on any atom is -0.349 e. The monoisotopic (exact) mass is 304 g/mol. The smallest absolute Gasteiger partial charge is 0.173 e. The Morgan fingerprint density at radius 1 is 1.24 bits per heavy atom. The Bertz CT molecular complexity index is 490. The number of para-hydroxylation sites is 1. The van der Waals surface area contributed by atoms with Gasteiger partial charge >= 0.3 is 0 Å². The second-order valence-electron chi connectivity index (χ2n) is 6.53. The van der Waals surface area contributed by atoms with Crippen molar-refractivity contribution in [3.05, 3.63) is 29.3 Å². The quantitative estimate of drug-likeness (QED) is 0.784. The van der Waals surface area contributed by atoms with Crippen LogP contribution in [0.15, 0.2) is 18.2 Å². The number of thiocarbonyl (C=S) groups is 1. The first-order chi connectivity index (χ1) is 10.0. The van der Waals surface area contributed by atoms with E-state index >= 15 is 0 Å². The van der Waals surface area contributed by atoms with Crippen molar-refractivity contribution < 1.29 is 0 Å². The van der Waals surface area contributed by atoms with Crippen LogP contribution in [0.1, 0.15) is 63.0 Å². The molecule has 1 aromatic carbocycles. The third kappa shape index (κ3) is 3.97. The zero-order valence-electron chi connectivity index (χ0n) is 13.8.